The van der Waals surface area contributed by atoms with Gasteiger partial charge < -0.3 is 14.5 Å². The first-order chi connectivity index (χ1) is 13.1. The second-order valence-electron chi connectivity index (χ2n) is 6.18. The van der Waals surface area contributed by atoms with Crippen molar-refractivity contribution in [2.45, 2.75) is 13.3 Å². The number of thiazole rings is 1. The average Bonchev–Trinajstić information content (AvgIpc) is 3.28. The molecule has 1 N–H and O–H groups in total. The van der Waals surface area contributed by atoms with Crippen molar-refractivity contribution in [3.8, 4) is 17.0 Å². The number of rotatable bonds is 5. The normalized spacial score (nSPS) is 10.9. The van der Waals surface area contributed by atoms with E-state index in [1.807, 2.05) is 54.8 Å². The second kappa shape index (κ2) is 7.25. The number of aryl methyl sites for hydroxylation is 1. The lowest BCUT2D eigenvalue weighted by Gasteiger charge is -2.06. The number of aromatic nitrogens is 1. The minimum absolute atomic E-state index is 0.0919. The molecule has 6 heteroatoms. The highest BCUT2D eigenvalue weighted by Crippen LogP contribution is 2.26. The predicted octanol–water partition coefficient (Wildman–Crippen LogP) is 5.05. The number of methoxy groups -OCH3 is 1. The zero-order chi connectivity index (χ0) is 18.8. The Morgan fingerprint density at radius 2 is 2.04 bits per heavy atom. The smallest absolute Gasteiger partial charge is 0.228 e. The number of nitrogens with zero attached hydrogens (tertiary/aromatic N) is 1. The molecule has 0 spiro atoms. The van der Waals surface area contributed by atoms with Crippen molar-refractivity contribution in [2.75, 3.05) is 12.4 Å². The molecule has 27 heavy (non-hydrogen) atoms. The molecule has 136 valence electrons. The Balaban J connectivity index is 1.45. The maximum absolute atomic E-state index is 12.4. The van der Waals surface area contributed by atoms with Crippen LogP contribution < -0.4 is 10.1 Å². The fourth-order valence-electron chi connectivity index (χ4n) is 2.93. The molecule has 0 aliphatic rings. The third-order valence-electron chi connectivity index (χ3n) is 4.30. The minimum atomic E-state index is -0.0919. The monoisotopic (exact) mass is 378 g/mol. The lowest BCUT2D eigenvalue weighted by Crippen LogP contribution is -2.14. The van der Waals surface area contributed by atoms with Crippen LogP contribution in [-0.2, 0) is 11.2 Å². The number of nitrogens with one attached hydrogen (secondary N) is 1. The molecule has 0 aliphatic carbocycles. The van der Waals surface area contributed by atoms with Crippen LogP contribution in [0.3, 0.4) is 0 Å². The second-order valence-corrected chi connectivity index (χ2v) is 7.24. The fourth-order valence-corrected chi connectivity index (χ4v) is 3.55. The first-order valence-corrected chi connectivity index (χ1v) is 9.37. The highest BCUT2D eigenvalue weighted by molar-refractivity contribution is 7.09. The van der Waals surface area contributed by atoms with E-state index >= 15 is 0 Å². The number of furan rings is 1. The fraction of sp³-hybridized carbons (Fsp3) is 0.143. The number of anilines is 1. The number of amides is 1. The van der Waals surface area contributed by atoms with Gasteiger partial charge in [0.1, 0.15) is 11.3 Å². The molecule has 0 unspecified atom stereocenters. The number of carbonyl (C=O) groups is 1. The molecule has 5 nitrogen and oxygen atoms in total. The molecule has 0 radical (unpaired) electrons. The quantitative estimate of drug-likeness (QED) is 0.527. The van der Waals surface area contributed by atoms with E-state index < -0.39 is 0 Å². The molecule has 1 amide bonds. The summed E-state index contributed by atoms with van der Waals surface area (Å²) >= 11 is 1.62. The molecule has 2 heterocycles. The van der Waals surface area contributed by atoms with Crippen LogP contribution in [-0.4, -0.2) is 18.0 Å². The molecule has 4 rings (SSSR count). The Labute approximate surface area is 160 Å². The van der Waals surface area contributed by atoms with Crippen LogP contribution in [0.1, 0.15) is 10.6 Å². The third kappa shape index (κ3) is 3.71. The lowest BCUT2D eigenvalue weighted by molar-refractivity contribution is -0.115. The highest BCUT2D eigenvalue weighted by atomic mass is 32.1. The topological polar surface area (TPSA) is 64.4 Å². The summed E-state index contributed by atoms with van der Waals surface area (Å²) in [7, 11) is 1.61. The van der Waals surface area contributed by atoms with Crippen LogP contribution >= 0.6 is 11.3 Å². The Morgan fingerprint density at radius 1 is 1.22 bits per heavy atom. The summed E-state index contributed by atoms with van der Waals surface area (Å²) in [6.07, 6.45) is 1.86. The molecule has 0 saturated heterocycles. The van der Waals surface area contributed by atoms with E-state index in [1.165, 1.54) is 0 Å². The van der Waals surface area contributed by atoms with E-state index in [4.69, 9.17) is 9.15 Å². The average molecular weight is 378 g/mol. The van der Waals surface area contributed by atoms with Gasteiger partial charge in [-0.15, -0.1) is 11.3 Å². The van der Waals surface area contributed by atoms with Gasteiger partial charge in [-0.1, -0.05) is 12.1 Å². The molecule has 0 saturated carbocycles. The number of carbonyl (C=O) groups excluding carboxylic acids is 1. The summed E-state index contributed by atoms with van der Waals surface area (Å²) in [4.78, 5) is 16.9. The first kappa shape index (κ1) is 17.3. The van der Waals surface area contributed by atoms with Gasteiger partial charge >= 0.3 is 0 Å². The van der Waals surface area contributed by atoms with Crippen LogP contribution in [0, 0.1) is 6.92 Å². The van der Waals surface area contributed by atoms with Crippen molar-refractivity contribution in [1.29, 1.82) is 0 Å². The van der Waals surface area contributed by atoms with Crippen molar-refractivity contribution in [2.24, 2.45) is 0 Å². The van der Waals surface area contributed by atoms with Crippen LogP contribution in [0.15, 0.2) is 58.5 Å². The molecule has 0 bridgehead atoms. The molecule has 0 aliphatic heterocycles. The number of fused-ring (bicyclic) bond motifs is 1. The van der Waals surface area contributed by atoms with Gasteiger partial charge in [0.2, 0.25) is 5.91 Å². The van der Waals surface area contributed by atoms with Gasteiger partial charge in [0.15, 0.2) is 0 Å². The van der Waals surface area contributed by atoms with Gasteiger partial charge in [0.05, 0.1) is 30.5 Å². The van der Waals surface area contributed by atoms with Gasteiger partial charge in [-0.25, -0.2) is 4.98 Å². The van der Waals surface area contributed by atoms with Gasteiger partial charge in [0.25, 0.3) is 0 Å². The zero-order valence-corrected chi connectivity index (χ0v) is 15.8. The number of hydrogen-bond donors (Lipinski definition) is 1. The van der Waals surface area contributed by atoms with E-state index in [-0.39, 0.29) is 12.3 Å². The van der Waals surface area contributed by atoms with E-state index in [1.54, 1.807) is 24.7 Å². The number of benzene rings is 2. The van der Waals surface area contributed by atoms with E-state index in [9.17, 15) is 4.79 Å². The molecular formula is C21H18N2O3S. The summed E-state index contributed by atoms with van der Waals surface area (Å²) in [5.74, 6) is 0.633. The lowest BCUT2D eigenvalue weighted by atomic mass is 10.1. The highest BCUT2D eigenvalue weighted by Gasteiger charge is 2.12. The molecule has 0 fully saturated rings. The van der Waals surface area contributed by atoms with E-state index in [2.05, 4.69) is 10.3 Å². The summed E-state index contributed by atoms with van der Waals surface area (Å²) in [5.41, 5.74) is 4.30. The zero-order valence-electron chi connectivity index (χ0n) is 15.0. The number of hydrogen-bond acceptors (Lipinski definition) is 5. The van der Waals surface area contributed by atoms with Crippen molar-refractivity contribution < 1.29 is 13.9 Å². The SMILES string of the molecule is COc1ccc2c(CC(=O)Nc3ccc(-c4csc(C)n4)cc3)coc2c1. The standard InChI is InChI=1S/C21H18N2O3S/c1-13-22-19(12-27-13)14-3-5-16(6-4-14)23-21(24)9-15-11-26-20-10-17(25-2)7-8-18(15)20/h3-8,10-12H,9H2,1-2H3,(H,23,24). The Hall–Kier alpha value is -3.12. The molecule has 2 aromatic heterocycles. The van der Waals surface area contributed by atoms with Crippen LogP contribution in [0.2, 0.25) is 0 Å². The van der Waals surface area contributed by atoms with Crippen molar-refractivity contribution in [3.05, 3.63) is 64.7 Å². The predicted molar refractivity (Wildman–Crippen MR) is 107 cm³/mol. The van der Waals surface area contributed by atoms with Crippen LogP contribution in [0.4, 0.5) is 5.69 Å². The summed E-state index contributed by atoms with van der Waals surface area (Å²) in [6, 6.07) is 13.3. The van der Waals surface area contributed by atoms with Gasteiger partial charge in [0, 0.05) is 33.6 Å². The van der Waals surface area contributed by atoms with Gasteiger partial charge in [-0.05, 0) is 31.2 Å². The molecular weight excluding hydrogens is 360 g/mol. The molecule has 4 aromatic rings. The summed E-state index contributed by atoms with van der Waals surface area (Å²) in [6.45, 7) is 1.98. The van der Waals surface area contributed by atoms with Gasteiger partial charge in [-0.3, -0.25) is 4.79 Å². The minimum Gasteiger partial charge on any atom is -0.497 e. The Kier molecular flexibility index (Phi) is 4.64. The van der Waals surface area contributed by atoms with E-state index in [0.717, 1.165) is 38.7 Å². The van der Waals surface area contributed by atoms with Crippen molar-refractivity contribution in [3.63, 3.8) is 0 Å². The maximum Gasteiger partial charge on any atom is 0.228 e. The summed E-state index contributed by atoms with van der Waals surface area (Å²) < 4.78 is 10.7. The van der Waals surface area contributed by atoms with Crippen molar-refractivity contribution >= 4 is 33.9 Å². The Bertz CT molecular complexity index is 1100. The van der Waals surface area contributed by atoms with Crippen LogP contribution in [0.25, 0.3) is 22.2 Å². The van der Waals surface area contributed by atoms with E-state index in [0.29, 0.717) is 5.58 Å². The molecule has 0 atom stereocenters. The summed E-state index contributed by atoms with van der Waals surface area (Å²) in [5, 5.41) is 6.91. The first-order valence-electron chi connectivity index (χ1n) is 8.49. The largest absolute Gasteiger partial charge is 0.497 e. The van der Waals surface area contributed by atoms with Crippen LogP contribution in [0.5, 0.6) is 5.75 Å². The van der Waals surface area contributed by atoms with Crippen molar-refractivity contribution in [1.82, 2.24) is 4.98 Å². The molecule has 2 aromatic carbocycles. The van der Waals surface area contributed by atoms with Gasteiger partial charge in [-0.2, -0.15) is 0 Å². The third-order valence-corrected chi connectivity index (χ3v) is 5.07. The number of ether oxygens (including phenoxy) is 1. The maximum atomic E-state index is 12.4. The Morgan fingerprint density at radius 3 is 2.74 bits per heavy atom.